The van der Waals surface area contributed by atoms with Crippen molar-refractivity contribution in [1.29, 1.82) is 0 Å². The van der Waals surface area contributed by atoms with E-state index in [-0.39, 0.29) is 0 Å². The normalized spacial score (nSPS) is 10.4. The number of hydrogen-bond donors (Lipinski definition) is 0. The average Bonchev–Trinajstić information content (AvgIpc) is 2.65. The SMILES string of the molecule is CCc1cc(OC)cc(-c2ccc(OC)c(OC)c2CC)c1OC. The van der Waals surface area contributed by atoms with Crippen molar-refractivity contribution in [3.8, 4) is 34.1 Å². The molecule has 24 heavy (non-hydrogen) atoms. The van der Waals surface area contributed by atoms with E-state index in [1.54, 1.807) is 28.4 Å². The van der Waals surface area contributed by atoms with Gasteiger partial charge in [0.15, 0.2) is 11.5 Å². The summed E-state index contributed by atoms with van der Waals surface area (Å²) >= 11 is 0. The zero-order chi connectivity index (χ0) is 17.7. The largest absolute Gasteiger partial charge is 0.497 e. The van der Waals surface area contributed by atoms with E-state index in [1.807, 2.05) is 18.2 Å². The Morgan fingerprint density at radius 3 is 1.92 bits per heavy atom. The smallest absolute Gasteiger partial charge is 0.164 e. The lowest BCUT2D eigenvalue weighted by molar-refractivity contribution is 0.352. The summed E-state index contributed by atoms with van der Waals surface area (Å²) in [5.41, 5.74) is 4.28. The van der Waals surface area contributed by atoms with Gasteiger partial charge in [-0.2, -0.15) is 0 Å². The van der Waals surface area contributed by atoms with Gasteiger partial charge in [0, 0.05) is 11.1 Å². The minimum Gasteiger partial charge on any atom is -0.497 e. The van der Waals surface area contributed by atoms with Gasteiger partial charge in [-0.05, 0) is 42.2 Å². The van der Waals surface area contributed by atoms with Crippen molar-refractivity contribution in [1.82, 2.24) is 0 Å². The fraction of sp³-hybridized carbons (Fsp3) is 0.400. The van der Waals surface area contributed by atoms with Crippen LogP contribution in [0.4, 0.5) is 0 Å². The second-order valence-electron chi connectivity index (χ2n) is 5.40. The molecule has 4 heteroatoms. The van der Waals surface area contributed by atoms with Crippen molar-refractivity contribution < 1.29 is 18.9 Å². The monoisotopic (exact) mass is 330 g/mol. The molecule has 0 saturated heterocycles. The van der Waals surface area contributed by atoms with E-state index in [0.717, 1.165) is 58.1 Å². The summed E-state index contributed by atoms with van der Waals surface area (Å²) in [6, 6.07) is 8.02. The van der Waals surface area contributed by atoms with Crippen molar-refractivity contribution in [3.05, 3.63) is 35.4 Å². The maximum absolute atomic E-state index is 5.72. The lowest BCUT2D eigenvalue weighted by Gasteiger charge is -2.20. The number of methoxy groups -OCH3 is 4. The predicted molar refractivity (Wildman–Crippen MR) is 96.8 cm³/mol. The van der Waals surface area contributed by atoms with Gasteiger partial charge in [0.1, 0.15) is 11.5 Å². The highest BCUT2D eigenvalue weighted by molar-refractivity contribution is 5.79. The first kappa shape index (κ1) is 18.0. The molecule has 2 rings (SSSR count). The Bertz CT molecular complexity index is 707. The van der Waals surface area contributed by atoms with Gasteiger partial charge >= 0.3 is 0 Å². The van der Waals surface area contributed by atoms with Gasteiger partial charge in [0.2, 0.25) is 0 Å². The fourth-order valence-corrected chi connectivity index (χ4v) is 3.08. The van der Waals surface area contributed by atoms with Crippen LogP contribution in [0, 0.1) is 0 Å². The van der Waals surface area contributed by atoms with E-state index < -0.39 is 0 Å². The van der Waals surface area contributed by atoms with E-state index in [9.17, 15) is 0 Å². The molecule has 0 aliphatic carbocycles. The third-order valence-electron chi connectivity index (χ3n) is 4.25. The molecule has 0 fully saturated rings. The zero-order valence-electron chi connectivity index (χ0n) is 15.4. The van der Waals surface area contributed by atoms with Crippen molar-refractivity contribution in [2.45, 2.75) is 26.7 Å². The Labute approximate surface area is 144 Å². The Morgan fingerprint density at radius 2 is 1.42 bits per heavy atom. The van der Waals surface area contributed by atoms with Gasteiger partial charge in [-0.25, -0.2) is 0 Å². The summed E-state index contributed by atoms with van der Waals surface area (Å²) in [7, 11) is 6.70. The Hall–Kier alpha value is -2.36. The van der Waals surface area contributed by atoms with Crippen LogP contribution in [0.3, 0.4) is 0 Å². The van der Waals surface area contributed by atoms with E-state index in [2.05, 4.69) is 19.9 Å². The van der Waals surface area contributed by atoms with Crippen LogP contribution in [0.1, 0.15) is 25.0 Å². The second kappa shape index (κ2) is 7.95. The number of aryl methyl sites for hydroxylation is 1. The van der Waals surface area contributed by atoms with Crippen LogP contribution in [-0.4, -0.2) is 28.4 Å². The van der Waals surface area contributed by atoms with E-state index in [0.29, 0.717) is 0 Å². The minimum absolute atomic E-state index is 0.732. The van der Waals surface area contributed by atoms with Crippen LogP contribution in [0.25, 0.3) is 11.1 Å². The molecule has 4 nitrogen and oxygen atoms in total. The molecule has 0 aliphatic rings. The van der Waals surface area contributed by atoms with E-state index in [1.165, 1.54) is 0 Å². The Kier molecular flexibility index (Phi) is 5.96. The van der Waals surface area contributed by atoms with Gasteiger partial charge in [0.05, 0.1) is 28.4 Å². The lowest BCUT2D eigenvalue weighted by Crippen LogP contribution is -2.01. The van der Waals surface area contributed by atoms with Crippen molar-refractivity contribution >= 4 is 0 Å². The van der Waals surface area contributed by atoms with Crippen LogP contribution in [0.2, 0.25) is 0 Å². The first-order valence-corrected chi connectivity index (χ1v) is 8.14. The summed E-state index contributed by atoms with van der Waals surface area (Å²) in [5.74, 6) is 3.19. The third kappa shape index (κ3) is 3.14. The summed E-state index contributed by atoms with van der Waals surface area (Å²) in [6.45, 7) is 4.21. The molecule has 2 aromatic rings. The zero-order valence-corrected chi connectivity index (χ0v) is 15.4. The van der Waals surface area contributed by atoms with Gasteiger partial charge in [0.25, 0.3) is 0 Å². The minimum atomic E-state index is 0.732. The lowest BCUT2D eigenvalue weighted by atomic mass is 9.93. The maximum Gasteiger partial charge on any atom is 0.164 e. The maximum atomic E-state index is 5.72. The van der Waals surface area contributed by atoms with Gasteiger partial charge in [-0.1, -0.05) is 19.9 Å². The van der Waals surface area contributed by atoms with Crippen molar-refractivity contribution in [2.75, 3.05) is 28.4 Å². The molecule has 0 saturated carbocycles. The second-order valence-corrected chi connectivity index (χ2v) is 5.40. The topological polar surface area (TPSA) is 36.9 Å². The summed E-state index contributed by atoms with van der Waals surface area (Å²) in [5, 5.41) is 0. The molecule has 0 bridgehead atoms. The molecular weight excluding hydrogens is 304 g/mol. The Morgan fingerprint density at radius 1 is 0.708 bits per heavy atom. The quantitative estimate of drug-likeness (QED) is 0.748. The highest BCUT2D eigenvalue weighted by Crippen LogP contribution is 2.44. The van der Waals surface area contributed by atoms with Crippen molar-refractivity contribution in [3.63, 3.8) is 0 Å². The molecule has 0 aromatic heterocycles. The standard InChI is InChI=1S/C20H26O4/c1-7-13-11-14(21-3)12-17(19(13)23-5)16-9-10-18(22-4)20(24-6)15(16)8-2/h9-12H,7-8H2,1-6H3. The molecule has 0 amide bonds. The molecular formula is C20H26O4. The van der Waals surface area contributed by atoms with Crippen LogP contribution in [-0.2, 0) is 12.8 Å². The Balaban J connectivity index is 2.80. The van der Waals surface area contributed by atoms with Crippen LogP contribution in [0.15, 0.2) is 24.3 Å². The molecule has 0 unspecified atom stereocenters. The van der Waals surface area contributed by atoms with Crippen LogP contribution < -0.4 is 18.9 Å². The molecule has 0 spiro atoms. The number of rotatable bonds is 7. The summed E-state index contributed by atoms with van der Waals surface area (Å²) in [6.07, 6.45) is 1.68. The third-order valence-corrected chi connectivity index (χ3v) is 4.25. The van der Waals surface area contributed by atoms with E-state index in [4.69, 9.17) is 18.9 Å². The molecule has 0 atom stereocenters. The molecule has 0 aliphatic heterocycles. The first-order chi connectivity index (χ1) is 11.6. The summed E-state index contributed by atoms with van der Waals surface area (Å²) < 4.78 is 22.3. The highest BCUT2D eigenvalue weighted by Gasteiger charge is 2.19. The van der Waals surface area contributed by atoms with Crippen LogP contribution in [0.5, 0.6) is 23.0 Å². The molecule has 0 heterocycles. The molecule has 2 aromatic carbocycles. The van der Waals surface area contributed by atoms with Gasteiger partial charge in [-0.15, -0.1) is 0 Å². The predicted octanol–water partition coefficient (Wildman–Crippen LogP) is 4.51. The fourth-order valence-electron chi connectivity index (χ4n) is 3.08. The average molecular weight is 330 g/mol. The van der Waals surface area contributed by atoms with E-state index >= 15 is 0 Å². The van der Waals surface area contributed by atoms with Gasteiger partial charge < -0.3 is 18.9 Å². The van der Waals surface area contributed by atoms with Crippen molar-refractivity contribution in [2.24, 2.45) is 0 Å². The molecule has 0 N–H and O–H groups in total. The highest BCUT2D eigenvalue weighted by atomic mass is 16.5. The number of benzene rings is 2. The number of hydrogen-bond acceptors (Lipinski definition) is 4. The molecule has 0 radical (unpaired) electrons. The summed E-state index contributed by atoms with van der Waals surface area (Å²) in [4.78, 5) is 0. The van der Waals surface area contributed by atoms with Crippen LogP contribution >= 0.6 is 0 Å². The molecule has 130 valence electrons. The number of ether oxygens (including phenoxy) is 4. The van der Waals surface area contributed by atoms with Gasteiger partial charge in [-0.3, -0.25) is 0 Å². The first-order valence-electron chi connectivity index (χ1n) is 8.14.